The zero-order chi connectivity index (χ0) is 23.5. The van der Waals surface area contributed by atoms with Gasteiger partial charge < -0.3 is 9.64 Å². The van der Waals surface area contributed by atoms with Crippen LogP contribution in [0, 0.1) is 0 Å². The fourth-order valence-corrected chi connectivity index (χ4v) is 5.55. The van der Waals surface area contributed by atoms with Crippen molar-refractivity contribution in [1.82, 2.24) is 4.31 Å². The fraction of sp³-hybridized carbons (Fsp3) is 0.409. The molecule has 0 unspecified atom stereocenters. The highest BCUT2D eigenvalue weighted by Gasteiger charge is 2.40. The Labute approximate surface area is 185 Å². The van der Waals surface area contributed by atoms with Gasteiger partial charge >= 0.3 is 6.18 Å². The number of amides is 1. The van der Waals surface area contributed by atoms with Crippen molar-refractivity contribution in [1.29, 1.82) is 0 Å². The van der Waals surface area contributed by atoms with Gasteiger partial charge in [-0.3, -0.25) is 4.79 Å². The molecule has 0 bridgehead atoms. The number of carbonyl (C=O) groups excluding carboxylic acids is 1. The monoisotopic (exact) mass is 470 g/mol. The molecular formula is C22H25F3N2O4S. The number of halogens is 3. The number of para-hydroxylation sites is 1. The molecule has 2 aromatic carbocycles. The summed E-state index contributed by atoms with van der Waals surface area (Å²) in [6.45, 7) is 1.32. The smallest absolute Gasteiger partial charge is 0.385 e. The summed E-state index contributed by atoms with van der Waals surface area (Å²) in [6, 6.07) is 11.1. The minimum Gasteiger partial charge on any atom is -0.385 e. The molecule has 0 spiro atoms. The zero-order valence-electron chi connectivity index (χ0n) is 17.8. The third-order valence-electron chi connectivity index (χ3n) is 5.35. The second-order valence-electron chi connectivity index (χ2n) is 7.62. The number of fused-ring (bicyclic) bond motifs is 1. The molecule has 1 atom stereocenters. The van der Waals surface area contributed by atoms with E-state index >= 15 is 0 Å². The number of anilines is 1. The van der Waals surface area contributed by atoms with E-state index in [9.17, 15) is 26.4 Å². The van der Waals surface area contributed by atoms with Gasteiger partial charge in [0.15, 0.2) is 0 Å². The molecule has 0 aliphatic carbocycles. The first-order valence-electron chi connectivity index (χ1n) is 10.1. The SMILES string of the molecule is COCCCN(CC(=O)N1c2ccccc2C[C@H]1C)S(=O)(=O)c1ccccc1C(F)(F)F. The van der Waals surface area contributed by atoms with Crippen LogP contribution < -0.4 is 4.90 Å². The number of benzene rings is 2. The average Bonchev–Trinajstić information content (AvgIpc) is 3.08. The van der Waals surface area contributed by atoms with Gasteiger partial charge in [-0.15, -0.1) is 0 Å². The average molecular weight is 471 g/mol. The van der Waals surface area contributed by atoms with E-state index in [1.54, 1.807) is 12.1 Å². The molecule has 6 nitrogen and oxygen atoms in total. The Morgan fingerprint density at radius 2 is 1.81 bits per heavy atom. The van der Waals surface area contributed by atoms with Gasteiger partial charge in [0.05, 0.1) is 17.0 Å². The molecule has 174 valence electrons. The number of alkyl halides is 3. The standard InChI is InChI=1S/C22H25F3N2O4S/c1-16-14-17-8-3-5-10-19(17)27(16)21(28)15-26(12-7-13-31-2)32(29,30)20-11-6-4-9-18(20)22(23,24)25/h3-6,8-11,16H,7,12-15H2,1-2H3/t16-/m1/s1. The Bertz CT molecular complexity index is 1070. The molecule has 32 heavy (non-hydrogen) atoms. The molecule has 3 rings (SSSR count). The van der Waals surface area contributed by atoms with Crippen LogP contribution in [0.1, 0.15) is 24.5 Å². The molecule has 2 aromatic rings. The Balaban J connectivity index is 1.95. The van der Waals surface area contributed by atoms with Gasteiger partial charge in [0.1, 0.15) is 0 Å². The summed E-state index contributed by atoms with van der Waals surface area (Å²) >= 11 is 0. The predicted octanol–water partition coefficient (Wildman–Crippen LogP) is 3.71. The molecular weight excluding hydrogens is 445 g/mol. The quantitative estimate of drug-likeness (QED) is 0.552. The number of sulfonamides is 1. The summed E-state index contributed by atoms with van der Waals surface area (Å²) in [5.41, 5.74) is 0.392. The number of ether oxygens (including phenoxy) is 1. The third kappa shape index (κ3) is 4.97. The van der Waals surface area contributed by atoms with Gasteiger partial charge in [0, 0.05) is 32.0 Å². The predicted molar refractivity (Wildman–Crippen MR) is 114 cm³/mol. The van der Waals surface area contributed by atoms with Crippen LogP contribution in [0.4, 0.5) is 18.9 Å². The van der Waals surface area contributed by atoms with E-state index in [0.717, 1.165) is 28.1 Å². The van der Waals surface area contributed by atoms with Crippen LogP contribution in [0.25, 0.3) is 0 Å². The fourth-order valence-electron chi connectivity index (χ4n) is 3.91. The number of nitrogens with zero attached hydrogens (tertiary/aromatic N) is 2. The van der Waals surface area contributed by atoms with E-state index in [0.29, 0.717) is 12.1 Å². The molecule has 0 saturated heterocycles. The van der Waals surface area contributed by atoms with Crippen molar-refractivity contribution in [2.24, 2.45) is 0 Å². The molecule has 10 heteroatoms. The van der Waals surface area contributed by atoms with E-state index in [4.69, 9.17) is 4.74 Å². The molecule has 1 aliphatic heterocycles. The first kappa shape index (κ1) is 24.2. The van der Waals surface area contributed by atoms with E-state index in [-0.39, 0.29) is 25.6 Å². The largest absolute Gasteiger partial charge is 0.417 e. The number of hydrogen-bond acceptors (Lipinski definition) is 4. The summed E-state index contributed by atoms with van der Waals surface area (Å²) < 4.78 is 72.8. The number of rotatable bonds is 8. The molecule has 1 amide bonds. The molecule has 0 fully saturated rings. The topological polar surface area (TPSA) is 66.9 Å². The highest BCUT2D eigenvalue weighted by atomic mass is 32.2. The molecule has 0 saturated carbocycles. The van der Waals surface area contributed by atoms with E-state index < -0.39 is 39.1 Å². The molecule has 0 N–H and O–H groups in total. The van der Waals surface area contributed by atoms with Crippen molar-refractivity contribution in [2.45, 2.75) is 36.9 Å². The normalized spacial score (nSPS) is 16.4. The van der Waals surface area contributed by atoms with Crippen LogP contribution in [0.2, 0.25) is 0 Å². The molecule has 0 aromatic heterocycles. The molecule has 1 heterocycles. The maximum Gasteiger partial charge on any atom is 0.417 e. The highest BCUT2D eigenvalue weighted by Crippen LogP contribution is 2.36. The van der Waals surface area contributed by atoms with Crippen LogP contribution in [0.15, 0.2) is 53.4 Å². The Kier molecular flexibility index (Phi) is 7.26. The van der Waals surface area contributed by atoms with Crippen molar-refractivity contribution in [3.8, 4) is 0 Å². The number of hydrogen-bond donors (Lipinski definition) is 0. The van der Waals surface area contributed by atoms with E-state index in [2.05, 4.69) is 0 Å². The van der Waals surface area contributed by atoms with Crippen LogP contribution in [-0.2, 0) is 32.2 Å². The van der Waals surface area contributed by atoms with Crippen molar-refractivity contribution in [3.05, 3.63) is 59.7 Å². The minimum atomic E-state index is -4.85. The van der Waals surface area contributed by atoms with Crippen LogP contribution >= 0.6 is 0 Å². The van der Waals surface area contributed by atoms with Gasteiger partial charge in [0.2, 0.25) is 15.9 Å². The highest BCUT2D eigenvalue weighted by molar-refractivity contribution is 7.89. The second-order valence-corrected chi connectivity index (χ2v) is 9.53. The summed E-state index contributed by atoms with van der Waals surface area (Å²) in [5.74, 6) is -0.493. The number of carbonyl (C=O) groups is 1. The van der Waals surface area contributed by atoms with Crippen molar-refractivity contribution in [3.63, 3.8) is 0 Å². The van der Waals surface area contributed by atoms with Gasteiger partial charge in [-0.05, 0) is 43.5 Å². The lowest BCUT2D eigenvalue weighted by atomic mass is 10.1. The van der Waals surface area contributed by atoms with Gasteiger partial charge in [-0.25, -0.2) is 8.42 Å². The first-order chi connectivity index (χ1) is 15.1. The zero-order valence-corrected chi connectivity index (χ0v) is 18.6. The Morgan fingerprint density at radius 3 is 2.50 bits per heavy atom. The maximum absolute atomic E-state index is 13.5. The lowest BCUT2D eigenvalue weighted by Gasteiger charge is -2.28. The first-order valence-corrected chi connectivity index (χ1v) is 11.6. The van der Waals surface area contributed by atoms with Gasteiger partial charge in [-0.2, -0.15) is 17.5 Å². The van der Waals surface area contributed by atoms with Crippen molar-refractivity contribution < 1.29 is 31.1 Å². The minimum absolute atomic E-state index is 0.155. The number of methoxy groups -OCH3 is 1. The van der Waals surface area contributed by atoms with Crippen LogP contribution in [-0.4, -0.2) is 51.5 Å². The van der Waals surface area contributed by atoms with Crippen LogP contribution in [0.5, 0.6) is 0 Å². The van der Waals surface area contributed by atoms with Gasteiger partial charge in [0.25, 0.3) is 0 Å². The van der Waals surface area contributed by atoms with E-state index in [1.807, 2.05) is 19.1 Å². The molecule has 0 radical (unpaired) electrons. The molecule has 1 aliphatic rings. The van der Waals surface area contributed by atoms with Crippen LogP contribution in [0.3, 0.4) is 0 Å². The Hall–Kier alpha value is -2.43. The summed E-state index contributed by atoms with van der Waals surface area (Å²) in [6.07, 6.45) is -4.01. The lowest BCUT2D eigenvalue weighted by molar-refractivity contribution is -0.139. The van der Waals surface area contributed by atoms with E-state index in [1.165, 1.54) is 18.1 Å². The Morgan fingerprint density at radius 1 is 1.16 bits per heavy atom. The third-order valence-corrected chi connectivity index (χ3v) is 7.26. The summed E-state index contributed by atoms with van der Waals surface area (Å²) in [5, 5.41) is 0. The maximum atomic E-state index is 13.5. The lowest BCUT2D eigenvalue weighted by Crippen LogP contribution is -2.45. The van der Waals surface area contributed by atoms with Gasteiger partial charge in [-0.1, -0.05) is 30.3 Å². The van der Waals surface area contributed by atoms with Crippen molar-refractivity contribution in [2.75, 3.05) is 31.7 Å². The second kappa shape index (κ2) is 9.60. The summed E-state index contributed by atoms with van der Waals surface area (Å²) in [4.78, 5) is 13.8. The van der Waals surface area contributed by atoms with Crippen molar-refractivity contribution >= 4 is 21.6 Å². The summed E-state index contributed by atoms with van der Waals surface area (Å²) in [7, 11) is -3.17.